The fourth-order valence-corrected chi connectivity index (χ4v) is 2.74. The number of nitrogens with zero attached hydrogens (tertiary/aromatic N) is 1. The van der Waals surface area contributed by atoms with Crippen molar-refractivity contribution in [2.45, 2.75) is 39.5 Å². The Morgan fingerprint density at radius 2 is 1.76 bits per heavy atom. The Hall–Kier alpha value is -1.87. The third-order valence-corrected chi connectivity index (χ3v) is 3.91. The van der Waals surface area contributed by atoms with Crippen molar-refractivity contribution in [2.24, 2.45) is 0 Å². The molecule has 1 N–H and O–H groups in total. The molecule has 1 aliphatic heterocycles. The van der Waals surface area contributed by atoms with E-state index >= 15 is 0 Å². The van der Waals surface area contributed by atoms with Crippen molar-refractivity contribution in [3.05, 3.63) is 65.0 Å². The molecule has 0 fully saturated rings. The van der Waals surface area contributed by atoms with E-state index in [2.05, 4.69) is 36.2 Å². The maximum Gasteiger partial charge on any atom is 0.146 e. The first kappa shape index (κ1) is 14.1. The van der Waals surface area contributed by atoms with Gasteiger partial charge in [0.25, 0.3) is 0 Å². The van der Waals surface area contributed by atoms with Gasteiger partial charge in [-0.15, -0.1) is 0 Å². The zero-order valence-corrected chi connectivity index (χ0v) is 12.6. The fourth-order valence-electron chi connectivity index (χ4n) is 2.74. The average molecular weight is 284 g/mol. The topological polar surface area (TPSA) is 15.3 Å². The maximum absolute atomic E-state index is 14.4. The largest absolute Gasteiger partial charge is 0.360 e. The van der Waals surface area contributed by atoms with Gasteiger partial charge in [-0.1, -0.05) is 44.2 Å². The number of nitrogens with one attached hydrogen (secondary N) is 1. The summed E-state index contributed by atoms with van der Waals surface area (Å²) in [5.74, 6) is -0.133. The SMILES string of the molecule is CC(C)NCc1ccc(N2Cc3ccccc3C2)c(F)c1. The molecule has 0 bridgehead atoms. The van der Waals surface area contributed by atoms with Gasteiger partial charge in [0.2, 0.25) is 0 Å². The normalized spacial score (nSPS) is 13.8. The number of anilines is 1. The molecular formula is C18H21FN2. The number of hydrogen-bond donors (Lipinski definition) is 1. The summed E-state index contributed by atoms with van der Waals surface area (Å²) in [6.45, 7) is 6.46. The summed E-state index contributed by atoms with van der Waals surface area (Å²) < 4.78 is 14.4. The zero-order chi connectivity index (χ0) is 14.8. The van der Waals surface area contributed by atoms with E-state index in [-0.39, 0.29) is 5.82 Å². The van der Waals surface area contributed by atoms with Crippen molar-refractivity contribution < 1.29 is 4.39 Å². The number of hydrogen-bond acceptors (Lipinski definition) is 2. The molecule has 0 amide bonds. The van der Waals surface area contributed by atoms with E-state index in [1.807, 2.05) is 24.3 Å². The quantitative estimate of drug-likeness (QED) is 0.917. The molecule has 0 atom stereocenters. The molecule has 2 aromatic carbocycles. The van der Waals surface area contributed by atoms with Gasteiger partial charge in [0, 0.05) is 25.7 Å². The van der Waals surface area contributed by atoms with Crippen LogP contribution in [0.3, 0.4) is 0 Å². The van der Waals surface area contributed by atoms with Crippen LogP contribution in [0.4, 0.5) is 10.1 Å². The van der Waals surface area contributed by atoms with Crippen LogP contribution >= 0.6 is 0 Å². The molecule has 1 heterocycles. The molecule has 0 unspecified atom stereocenters. The fraction of sp³-hybridized carbons (Fsp3) is 0.333. The van der Waals surface area contributed by atoms with Crippen molar-refractivity contribution in [1.29, 1.82) is 0 Å². The lowest BCUT2D eigenvalue weighted by molar-refractivity contribution is 0.580. The maximum atomic E-state index is 14.4. The molecule has 2 nitrogen and oxygen atoms in total. The van der Waals surface area contributed by atoms with Gasteiger partial charge < -0.3 is 10.2 Å². The minimum atomic E-state index is -0.133. The Morgan fingerprint density at radius 1 is 1.10 bits per heavy atom. The summed E-state index contributed by atoms with van der Waals surface area (Å²) in [5, 5.41) is 3.31. The Kier molecular flexibility index (Phi) is 3.93. The van der Waals surface area contributed by atoms with Gasteiger partial charge in [-0.2, -0.15) is 0 Å². The van der Waals surface area contributed by atoms with Gasteiger partial charge in [0.05, 0.1) is 5.69 Å². The molecule has 3 rings (SSSR count). The molecule has 1 aliphatic rings. The average Bonchev–Trinajstić information content (AvgIpc) is 2.88. The van der Waals surface area contributed by atoms with Crippen molar-refractivity contribution in [3.63, 3.8) is 0 Å². The van der Waals surface area contributed by atoms with E-state index in [4.69, 9.17) is 0 Å². The van der Waals surface area contributed by atoms with E-state index < -0.39 is 0 Å². The highest BCUT2D eigenvalue weighted by molar-refractivity contribution is 5.53. The Labute approximate surface area is 125 Å². The third kappa shape index (κ3) is 3.08. The van der Waals surface area contributed by atoms with E-state index in [0.29, 0.717) is 18.3 Å². The number of rotatable bonds is 4. The Bertz CT molecular complexity index is 612. The molecule has 0 saturated heterocycles. The second-order valence-corrected chi connectivity index (χ2v) is 5.95. The predicted octanol–water partition coefficient (Wildman–Crippen LogP) is 3.84. The van der Waals surface area contributed by atoms with Crippen LogP contribution in [0.5, 0.6) is 0 Å². The molecule has 0 radical (unpaired) electrons. The van der Waals surface area contributed by atoms with Crippen LogP contribution in [0.25, 0.3) is 0 Å². The summed E-state index contributed by atoms with van der Waals surface area (Å²) in [6, 6.07) is 14.3. The van der Waals surface area contributed by atoms with Crippen LogP contribution in [-0.2, 0) is 19.6 Å². The smallest absolute Gasteiger partial charge is 0.146 e. The number of benzene rings is 2. The van der Waals surface area contributed by atoms with Gasteiger partial charge >= 0.3 is 0 Å². The molecule has 0 spiro atoms. The van der Waals surface area contributed by atoms with Crippen LogP contribution in [-0.4, -0.2) is 6.04 Å². The first-order chi connectivity index (χ1) is 10.1. The molecule has 21 heavy (non-hydrogen) atoms. The molecule has 0 aromatic heterocycles. The summed E-state index contributed by atoms with van der Waals surface area (Å²) >= 11 is 0. The van der Waals surface area contributed by atoms with Crippen LogP contribution in [0.1, 0.15) is 30.5 Å². The van der Waals surface area contributed by atoms with Gasteiger partial charge in [0.15, 0.2) is 0 Å². The lowest BCUT2D eigenvalue weighted by Gasteiger charge is -2.19. The van der Waals surface area contributed by atoms with E-state index in [9.17, 15) is 4.39 Å². The second-order valence-electron chi connectivity index (χ2n) is 5.95. The summed E-state index contributed by atoms with van der Waals surface area (Å²) in [6.07, 6.45) is 0. The standard InChI is InChI=1S/C18H21FN2/c1-13(2)20-10-14-7-8-18(17(19)9-14)21-11-15-5-3-4-6-16(15)12-21/h3-9,13,20H,10-12H2,1-2H3. The van der Waals surface area contributed by atoms with Gasteiger partial charge in [0.1, 0.15) is 5.82 Å². The van der Waals surface area contributed by atoms with Gasteiger partial charge in [-0.25, -0.2) is 4.39 Å². The Balaban J connectivity index is 1.75. The van der Waals surface area contributed by atoms with E-state index in [1.54, 1.807) is 6.07 Å². The molecule has 0 aliphatic carbocycles. The highest BCUT2D eigenvalue weighted by Gasteiger charge is 2.20. The van der Waals surface area contributed by atoms with Crippen molar-refractivity contribution in [2.75, 3.05) is 4.90 Å². The number of halogens is 1. The highest BCUT2D eigenvalue weighted by Crippen LogP contribution is 2.30. The van der Waals surface area contributed by atoms with Crippen molar-refractivity contribution in [1.82, 2.24) is 5.32 Å². The lowest BCUT2D eigenvalue weighted by atomic mass is 10.1. The van der Waals surface area contributed by atoms with Crippen molar-refractivity contribution >= 4 is 5.69 Å². The van der Waals surface area contributed by atoms with Gasteiger partial charge in [-0.05, 0) is 28.8 Å². The molecular weight excluding hydrogens is 263 g/mol. The van der Waals surface area contributed by atoms with E-state index in [0.717, 1.165) is 18.7 Å². The summed E-state index contributed by atoms with van der Waals surface area (Å²) in [4.78, 5) is 2.10. The molecule has 110 valence electrons. The minimum absolute atomic E-state index is 0.133. The Morgan fingerprint density at radius 3 is 2.33 bits per heavy atom. The van der Waals surface area contributed by atoms with Crippen LogP contribution < -0.4 is 10.2 Å². The van der Waals surface area contributed by atoms with Crippen LogP contribution in [0.2, 0.25) is 0 Å². The molecule has 2 aromatic rings. The highest BCUT2D eigenvalue weighted by atomic mass is 19.1. The zero-order valence-electron chi connectivity index (χ0n) is 12.6. The summed E-state index contributed by atoms with van der Waals surface area (Å²) in [7, 11) is 0. The van der Waals surface area contributed by atoms with Gasteiger partial charge in [-0.3, -0.25) is 0 Å². The first-order valence-electron chi connectivity index (χ1n) is 7.47. The first-order valence-corrected chi connectivity index (χ1v) is 7.47. The van der Waals surface area contributed by atoms with E-state index in [1.165, 1.54) is 11.1 Å². The predicted molar refractivity (Wildman–Crippen MR) is 84.7 cm³/mol. The third-order valence-electron chi connectivity index (χ3n) is 3.91. The lowest BCUT2D eigenvalue weighted by Crippen LogP contribution is -2.22. The number of fused-ring (bicyclic) bond motifs is 1. The van der Waals surface area contributed by atoms with Crippen LogP contribution in [0.15, 0.2) is 42.5 Å². The summed E-state index contributed by atoms with van der Waals surface area (Å²) in [5.41, 5.74) is 4.27. The second kappa shape index (κ2) is 5.86. The molecule has 3 heteroatoms. The molecule has 0 saturated carbocycles. The van der Waals surface area contributed by atoms with Crippen LogP contribution in [0, 0.1) is 5.82 Å². The van der Waals surface area contributed by atoms with Crippen molar-refractivity contribution in [3.8, 4) is 0 Å². The monoisotopic (exact) mass is 284 g/mol. The minimum Gasteiger partial charge on any atom is -0.360 e.